The Morgan fingerprint density at radius 1 is 1.14 bits per heavy atom. The summed E-state index contributed by atoms with van der Waals surface area (Å²) in [5, 5.41) is 6.48. The monoisotopic (exact) mass is 395 g/mol. The van der Waals surface area contributed by atoms with E-state index in [9.17, 15) is 4.39 Å². The van der Waals surface area contributed by atoms with Crippen molar-refractivity contribution in [3.63, 3.8) is 0 Å². The van der Waals surface area contributed by atoms with Gasteiger partial charge >= 0.3 is 0 Å². The second-order valence-electron chi connectivity index (χ2n) is 6.49. The quantitative estimate of drug-likeness (QED) is 0.496. The van der Waals surface area contributed by atoms with Crippen molar-refractivity contribution in [1.82, 2.24) is 20.2 Å². The topological polar surface area (TPSA) is 72.7 Å². The molecule has 29 heavy (non-hydrogen) atoms. The maximum atomic E-state index is 14.4. The van der Waals surface area contributed by atoms with Gasteiger partial charge in [0, 0.05) is 25.5 Å². The Kier molecular flexibility index (Phi) is 5.60. The lowest BCUT2D eigenvalue weighted by atomic mass is 10.2. The molecule has 1 aliphatic rings. The van der Waals surface area contributed by atoms with Crippen LogP contribution in [-0.2, 0) is 13.1 Å². The molecule has 2 aromatic carbocycles. The van der Waals surface area contributed by atoms with E-state index in [-0.39, 0.29) is 12.6 Å². The Morgan fingerprint density at radius 3 is 2.79 bits per heavy atom. The zero-order valence-corrected chi connectivity index (χ0v) is 16.1. The van der Waals surface area contributed by atoms with Crippen molar-refractivity contribution in [2.24, 2.45) is 4.99 Å². The van der Waals surface area contributed by atoms with Gasteiger partial charge in [-0.1, -0.05) is 12.1 Å². The summed E-state index contributed by atoms with van der Waals surface area (Å²) in [5.41, 5.74) is 2.30. The van der Waals surface area contributed by atoms with Crippen LogP contribution in [0.5, 0.6) is 11.5 Å². The number of imidazole rings is 1. The molecule has 1 aliphatic heterocycles. The standard InChI is InChI=1S/C21H22FN5O2/c1-2-24-21(26-12-16-4-6-19-20(10-16)29-14-28-19)25-11-15-3-5-18(17(22)9-15)27-8-7-23-13-27/h3-10,13H,2,11-12,14H2,1H3,(H2,24,25,26). The molecule has 2 N–H and O–H groups in total. The number of rotatable bonds is 6. The first-order valence-corrected chi connectivity index (χ1v) is 9.40. The van der Waals surface area contributed by atoms with Crippen LogP contribution in [-0.4, -0.2) is 28.8 Å². The summed E-state index contributed by atoms with van der Waals surface area (Å²) in [5.74, 6) is 1.86. The van der Waals surface area contributed by atoms with Crippen LogP contribution >= 0.6 is 0 Å². The van der Waals surface area contributed by atoms with Gasteiger partial charge in [0.15, 0.2) is 17.5 Å². The maximum Gasteiger partial charge on any atom is 0.231 e. The average Bonchev–Trinajstić information content (AvgIpc) is 3.41. The van der Waals surface area contributed by atoms with Crippen molar-refractivity contribution in [3.8, 4) is 17.2 Å². The minimum Gasteiger partial charge on any atom is -0.454 e. The van der Waals surface area contributed by atoms with Crippen LogP contribution in [0.15, 0.2) is 60.1 Å². The highest BCUT2D eigenvalue weighted by molar-refractivity contribution is 5.79. The van der Waals surface area contributed by atoms with E-state index in [1.54, 1.807) is 29.4 Å². The van der Waals surface area contributed by atoms with Crippen molar-refractivity contribution in [2.45, 2.75) is 20.0 Å². The molecule has 0 atom stereocenters. The summed E-state index contributed by atoms with van der Waals surface area (Å²) in [6, 6.07) is 10.9. The first-order chi connectivity index (χ1) is 14.2. The van der Waals surface area contributed by atoms with Gasteiger partial charge in [0.25, 0.3) is 0 Å². The summed E-state index contributed by atoms with van der Waals surface area (Å²) in [6.07, 6.45) is 4.89. The molecular formula is C21H22FN5O2. The second kappa shape index (κ2) is 8.64. The summed E-state index contributed by atoms with van der Waals surface area (Å²) in [7, 11) is 0. The van der Waals surface area contributed by atoms with E-state index < -0.39 is 0 Å². The molecule has 0 aliphatic carbocycles. The smallest absolute Gasteiger partial charge is 0.231 e. The molecule has 0 fully saturated rings. The minimum atomic E-state index is -0.311. The third-order valence-corrected chi connectivity index (χ3v) is 4.46. The normalized spacial score (nSPS) is 12.8. The summed E-state index contributed by atoms with van der Waals surface area (Å²) in [4.78, 5) is 8.51. The minimum absolute atomic E-state index is 0.256. The van der Waals surface area contributed by atoms with Gasteiger partial charge < -0.3 is 24.7 Å². The molecule has 3 aromatic rings. The molecule has 0 saturated carbocycles. The molecule has 0 unspecified atom stereocenters. The van der Waals surface area contributed by atoms with Gasteiger partial charge in [-0.25, -0.2) is 14.4 Å². The fourth-order valence-corrected chi connectivity index (χ4v) is 3.01. The molecule has 0 radical (unpaired) electrons. The van der Waals surface area contributed by atoms with Crippen LogP contribution in [0.4, 0.5) is 4.39 Å². The fourth-order valence-electron chi connectivity index (χ4n) is 3.01. The highest BCUT2D eigenvalue weighted by Crippen LogP contribution is 2.32. The number of hydrogen-bond acceptors (Lipinski definition) is 4. The number of halogens is 1. The largest absolute Gasteiger partial charge is 0.454 e. The zero-order valence-electron chi connectivity index (χ0n) is 16.1. The molecule has 4 rings (SSSR count). The lowest BCUT2D eigenvalue weighted by Gasteiger charge is -2.12. The van der Waals surface area contributed by atoms with Crippen LogP contribution in [0.1, 0.15) is 18.1 Å². The maximum absolute atomic E-state index is 14.4. The SMILES string of the molecule is CCNC(=NCc1ccc(-n2ccnc2)c(F)c1)NCc1ccc2c(c1)OCO2. The lowest BCUT2D eigenvalue weighted by Crippen LogP contribution is -2.36. The van der Waals surface area contributed by atoms with Crippen LogP contribution < -0.4 is 20.1 Å². The van der Waals surface area contributed by atoms with Gasteiger partial charge in [0.05, 0.1) is 18.6 Å². The first-order valence-electron chi connectivity index (χ1n) is 9.40. The molecule has 1 aromatic heterocycles. The fraction of sp³-hybridized carbons (Fsp3) is 0.238. The van der Waals surface area contributed by atoms with Crippen LogP contribution in [0, 0.1) is 5.82 Å². The number of aliphatic imine (C=N–C) groups is 1. The van der Waals surface area contributed by atoms with Crippen LogP contribution in [0.25, 0.3) is 5.69 Å². The van der Waals surface area contributed by atoms with E-state index in [1.165, 1.54) is 6.07 Å². The molecule has 0 amide bonds. The molecule has 0 bridgehead atoms. The number of nitrogens with zero attached hydrogens (tertiary/aromatic N) is 3. The molecular weight excluding hydrogens is 373 g/mol. The molecule has 2 heterocycles. The molecule has 0 saturated heterocycles. The summed E-state index contributed by atoms with van der Waals surface area (Å²) in [6.45, 7) is 3.92. The van der Waals surface area contributed by atoms with Crippen molar-refractivity contribution in [3.05, 3.63) is 72.1 Å². The lowest BCUT2D eigenvalue weighted by molar-refractivity contribution is 0.174. The zero-order chi connectivity index (χ0) is 20.1. The van der Waals surface area contributed by atoms with E-state index >= 15 is 0 Å². The number of nitrogens with one attached hydrogen (secondary N) is 2. The average molecular weight is 395 g/mol. The molecule has 8 heteroatoms. The number of hydrogen-bond donors (Lipinski definition) is 2. The second-order valence-corrected chi connectivity index (χ2v) is 6.49. The van der Waals surface area contributed by atoms with Gasteiger partial charge in [0.1, 0.15) is 5.82 Å². The highest BCUT2D eigenvalue weighted by Gasteiger charge is 2.13. The highest BCUT2D eigenvalue weighted by atomic mass is 19.1. The molecule has 150 valence electrons. The number of ether oxygens (including phenoxy) is 2. The van der Waals surface area contributed by atoms with Gasteiger partial charge in [-0.05, 0) is 42.3 Å². The molecule has 0 spiro atoms. The Bertz CT molecular complexity index is 1000. The van der Waals surface area contributed by atoms with Crippen molar-refractivity contribution in [1.29, 1.82) is 0 Å². The summed E-state index contributed by atoms with van der Waals surface area (Å²) < 4.78 is 26.8. The number of guanidine groups is 1. The Morgan fingerprint density at radius 2 is 2.00 bits per heavy atom. The Labute approximate surface area is 168 Å². The van der Waals surface area contributed by atoms with E-state index in [1.807, 2.05) is 31.2 Å². The third kappa shape index (κ3) is 4.48. The number of fused-ring (bicyclic) bond motifs is 1. The van der Waals surface area contributed by atoms with Crippen molar-refractivity contribution >= 4 is 5.96 Å². The van der Waals surface area contributed by atoms with E-state index in [0.29, 0.717) is 24.7 Å². The van der Waals surface area contributed by atoms with Gasteiger partial charge in [-0.15, -0.1) is 0 Å². The number of benzene rings is 2. The van der Waals surface area contributed by atoms with Gasteiger partial charge in [-0.3, -0.25) is 0 Å². The van der Waals surface area contributed by atoms with Crippen LogP contribution in [0.3, 0.4) is 0 Å². The predicted molar refractivity (Wildman–Crippen MR) is 108 cm³/mol. The Balaban J connectivity index is 1.41. The van der Waals surface area contributed by atoms with Crippen molar-refractivity contribution < 1.29 is 13.9 Å². The number of aromatic nitrogens is 2. The first kappa shape index (κ1) is 18.8. The van der Waals surface area contributed by atoms with Crippen LogP contribution in [0.2, 0.25) is 0 Å². The van der Waals surface area contributed by atoms with E-state index in [4.69, 9.17) is 9.47 Å². The predicted octanol–water partition coefficient (Wildman–Crippen LogP) is 3.00. The third-order valence-electron chi connectivity index (χ3n) is 4.46. The Hall–Kier alpha value is -3.55. The summed E-state index contributed by atoms with van der Waals surface area (Å²) >= 11 is 0. The van der Waals surface area contributed by atoms with E-state index in [0.717, 1.165) is 29.2 Å². The van der Waals surface area contributed by atoms with Gasteiger partial charge in [-0.2, -0.15) is 0 Å². The van der Waals surface area contributed by atoms with E-state index in [2.05, 4.69) is 20.6 Å². The van der Waals surface area contributed by atoms with Gasteiger partial charge in [0.2, 0.25) is 6.79 Å². The molecule has 7 nitrogen and oxygen atoms in total. The van der Waals surface area contributed by atoms with Crippen molar-refractivity contribution in [2.75, 3.05) is 13.3 Å².